The SMILES string of the molecule is CC(c1ccc(-n2cncn2)cc1)N(C)C(=O)c1ccc(CS(C)(=O)=O)cc1. The lowest BCUT2D eigenvalue weighted by atomic mass is 10.1. The highest BCUT2D eigenvalue weighted by Gasteiger charge is 2.19. The van der Waals surface area contributed by atoms with Crippen LogP contribution >= 0.6 is 0 Å². The molecule has 3 aromatic rings. The smallest absolute Gasteiger partial charge is 0.254 e. The average Bonchev–Trinajstić information content (AvgIpc) is 3.20. The molecule has 7 nitrogen and oxygen atoms in total. The van der Waals surface area contributed by atoms with E-state index >= 15 is 0 Å². The molecule has 0 radical (unpaired) electrons. The molecule has 0 bridgehead atoms. The lowest BCUT2D eigenvalue weighted by molar-refractivity contribution is 0.0742. The molecule has 1 aromatic heterocycles. The van der Waals surface area contributed by atoms with Crippen LogP contribution in [0.3, 0.4) is 0 Å². The Morgan fingerprint density at radius 1 is 1.11 bits per heavy atom. The number of aromatic nitrogens is 3. The molecule has 0 N–H and O–H groups in total. The van der Waals surface area contributed by atoms with Gasteiger partial charge in [0.15, 0.2) is 9.84 Å². The fourth-order valence-corrected chi connectivity index (χ4v) is 3.69. The zero-order valence-electron chi connectivity index (χ0n) is 16.0. The summed E-state index contributed by atoms with van der Waals surface area (Å²) < 4.78 is 24.4. The minimum atomic E-state index is -3.10. The fourth-order valence-electron chi connectivity index (χ4n) is 2.90. The summed E-state index contributed by atoms with van der Waals surface area (Å²) in [6.45, 7) is 1.96. The van der Waals surface area contributed by atoms with E-state index in [2.05, 4.69) is 10.1 Å². The first-order valence-corrected chi connectivity index (χ1v) is 10.8. The molecule has 3 rings (SSSR count). The summed E-state index contributed by atoms with van der Waals surface area (Å²) in [5.41, 5.74) is 3.07. The minimum Gasteiger partial charge on any atom is -0.335 e. The molecule has 1 amide bonds. The average molecular weight is 398 g/mol. The summed E-state index contributed by atoms with van der Waals surface area (Å²) in [7, 11) is -1.35. The maximum absolute atomic E-state index is 12.8. The van der Waals surface area contributed by atoms with Gasteiger partial charge in [-0.1, -0.05) is 24.3 Å². The van der Waals surface area contributed by atoms with Gasteiger partial charge in [-0.05, 0) is 42.3 Å². The number of rotatable bonds is 6. The maximum Gasteiger partial charge on any atom is 0.254 e. The zero-order valence-corrected chi connectivity index (χ0v) is 16.8. The Morgan fingerprint density at radius 2 is 1.75 bits per heavy atom. The summed E-state index contributed by atoms with van der Waals surface area (Å²) >= 11 is 0. The second-order valence-electron chi connectivity index (χ2n) is 6.79. The van der Waals surface area contributed by atoms with E-state index in [-0.39, 0.29) is 17.7 Å². The van der Waals surface area contributed by atoms with E-state index in [1.54, 1.807) is 47.2 Å². The molecule has 28 heavy (non-hydrogen) atoms. The van der Waals surface area contributed by atoms with E-state index in [4.69, 9.17) is 0 Å². The van der Waals surface area contributed by atoms with Gasteiger partial charge in [-0.3, -0.25) is 4.79 Å². The van der Waals surface area contributed by atoms with Crippen LogP contribution in [0.1, 0.15) is 34.5 Å². The van der Waals surface area contributed by atoms with Crippen LogP contribution in [0, 0.1) is 0 Å². The van der Waals surface area contributed by atoms with Crippen molar-refractivity contribution in [2.45, 2.75) is 18.7 Å². The van der Waals surface area contributed by atoms with Gasteiger partial charge in [-0.15, -0.1) is 0 Å². The predicted molar refractivity (Wildman–Crippen MR) is 107 cm³/mol. The van der Waals surface area contributed by atoms with Gasteiger partial charge in [0, 0.05) is 18.9 Å². The van der Waals surface area contributed by atoms with Crippen molar-refractivity contribution in [2.75, 3.05) is 13.3 Å². The third kappa shape index (κ3) is 4.64. The van der Waals surface area contributed by atoms with Gasteiger partial charge in [-0.25, -0.2) is 18.1 Å². The van der Waals surface area contributed by atoms with Crippen LogP contribution in [0.4, 0.5) is 0 Å². The molecule has 0 aliphatic carbocycles. The third-order valence-corrected chi connectivity index (χ3v) is 5.45. The topological polar surface area (TPSA) is 85.2 Å². The largest absolute Gasteiger partial charge is 0.335 e. The molecular weight excluding hydrogens is 376 g/mol. The highest BCUT2D eigenvalue weighted by molar-refractivity contribution is 7.89. The molecule has 1 atom stereocenters. The fraction of sp³-hybridized carbons (Fsp3) is 0.250. The molecule has 0 saturated heterocycles. The summed E-state index contributed by atoms with van der Waals surface area (Å²) in [4.78, 5) is 18.4. The van der Waals surface area contributed by atoms with Crippen molar-refractivity contribution in [3.05, 3.63) is 77.9 Å². The Morgan fingerprint density at radius 3 is 2.29 bits per heavy atom. The van der Waals surface area contributed by atoms with Crippen molar-refractivity contribution in [3.8, 4) is 5.69 Å². The lowest BCUT2D eigenvalue weighted by Crippen LogP contribution is -2.29. The van der Waals surface area contributed by atoms with Gasteiger partial charge in [0.2, 0.25) is 0 Å². The van der Waals surface area contributed by atoms with E-state index in [0.717, 1.165) is 11.3 Å². The van der Waals surface area contributed by atoms with Crippen LogP contribution in [0.15, 0.2) is 61.2 Å². The normalized spacial score (nSPS) is 12.5. The quantitative estimate of drug-likeness (QED) is 0.637. The standard InChI is InChI=1S/C20H22N4O3S/c1-15(17-8-10-19(11-9-17)24-14-21-13-22-24)23(2)20(25)18-6-4-16(5-7-18)12-28(3,26)27/h4-11,13-15H,12H2,1-3H3. The highest BCUT2D eigenvalue weighted by atomic mass is 32.2. The Bertz CT molecular complexity index is 1040. The first kappa shape index (κ1) is 19.8. The second-order valence-corrected chi connectivity index (χ2v) is 8.93. The third-order valence-electron chi connectivity index (χ3n) is 4.59. The molecule has 8 heteroatoms. The van der Waals surface area contributed by atoms with Crippen LogP contribution in [-0.2, 0) is 15.6 Å². The minimum absolute atomic E-state index is 0.0359. The van der Waals surface area contributed by atoms with E-state index in [1.165, 1.54) is 12.6 Å². The summed E-state index contributed by atoms with van der Waals surface area (Å²) in [5, 5.41) is 4.10. The molecule has 2 aromatic carbocycles. The van der Waals surface area contributed by atoms with Crippen molar-refractivity contribution in [3.63, 3.8) is 0 Å². The Kier molecular flexibility index (Phi) is 5.60. The number of benzene rings is 2. The van der Waals surface area contributed by atoms with E-state index < -0.39 is 9.84 Å². The molecular formula is C20H22N4O3S. The van der Waals surface area contributed by atoms with Gasteiger partial charge in [0.05, 0.1) is 17.5 Å². The summed E-state index contributed by atoms with van der Waals surface area (Å²) in [6.07, 6.45) is 4.29. The molecule has 0 aliphatic heterocycles. The first-order valence-electron chi connectivity index (χ1n) is 8.73. The van der Waals surface area contributed by atoms with Gasteiger partial charge in [0.1, 0.15) is 12.7 Å². The predicted octanol–water partition coefficient (Wildman–Crippen LogP) is 2.65. The monoisotopic (exact) mass is 398 g/mol. The van der Waals surface area contributed by atoms with Crippen molar-refractivity contribution >= 4 is 15.7 Å². The molecule has 146 valence electrons. The molecule has 0 spiro atoms. The number of hydrogen-bond acceptors (Lipinski definition) is 5. The molecule has 1 heterocycles. The Labute approximate surface area is 164 Å². The highest BCUT2D eigenvalue weighted by Crippen LogP contribution is 2.22. The number of carbonyl (C=O) groups excluding carboxylic acids is 1. The van der Waals surface area contributed by atoms with Crippen molar-refractivity contribution in [1.29, 1.82) is 0 Å². The van der Waals surface area contributed by atoms with E-state index in [0.29, 0.717) is 11.1 Å². The van der Waals surface area contributed by atoms with Crippen molar-refractivity contribution < 1.29 is 13.2 Å². The van der Waals surface area contributed by atoms with Crippen LogP contribution in [0.5, 0.6) is 0 Å². The molecule has 0 saturated carbocycles. The van der Waals surface area contributed by atoms with Crippen LogP contribution in [-0.4, -0.2) is 47.3 Å². The summed E-state index contributed by atoms with van der Waals surface area (Å²) in [6, 6.07) is 14.3. The van der Waals surface area contributed by atoms with Gasteiger partial charge in [0.25, 0.3) is 5.91 Å². The number of sulfone groups is 1. The maximum atomic E-state index is 12.8. The lowest BCUT2D eigenvalue weighted by Gasteiger charge is -2.25. The first-order chi connectivity index (χ1) is 13.2. The number of carbonyl (C=O) groups is 1. The van der Waals surface area contributed by atoms with Crippen LogP contribution < -0.4 is 0 Å². The van der Waals surface area contributed by atoms with E-state index in [1.807, 2.05) is 31.2 Å². The van der Waals surface area contributed by atoms with E-state index in [9.17, 15) is 13.2 Å². The van der Waals surface area contributed by atoms with Crippen molar-refractivity contribution in [1.82, 2.24) is 19.7 Å². The number of hydrogen-bond donors (Lipinski definition) is 0. The van der Waals surface area contributed by atoms with Crippen LogP contribution in [0.25, 0.3) is 5.69 Å². The number of amides is 1. The van der Waals surface area contributed by atoms with Gasteiger partial charge >= 0.3 is 0 Å². The summed E-state index contributed by atoms with van der Waals surface area (Å²) in [5.74, 6) is -0.162. The Balaban J connectivity index is 1.71. The molecule has 0 fully saturated rings. The van der Waals surface area contributed by atoms with Crippen LogP contribution in [0.2, 0.25) is 0 Å². The zero-order chi connectivity index (χ0) is 20.3. The van der Waals surface area contributed by atoms with Crippen molar-refractivity contribution in [2.24, 2.45) is 0 Å². The molecule has 1 unspecified atom stereocenters. The molecule has 0 aliphatic rings. The Hall–Kier alpha value is -3.00. The van der Waals surface area contributed by atoms with Gasteiger partial charge in [-0.2, -0.15) is 5.10 Å². The van der Waals surface area contributed by atoms with Gasteiger partial charge < -0.3 is 4.90 Å². The number of nitrogens with zero attached hydrogens (tertiary/aromatic N) is 4. The second kappa shape index (κ2) is 7.93.